The summed E-state index contributed by atoms with van der Waals surface area (Å²) in [4.78, 5) is 4.01. The Kier molecular flexibility index (Phi) is 8.64. The summed E-state index contributed by atoms with van der Waals surface area (Å²) in [5.74, 6) is 1.02. The smallest absolute Gasteiger partial charge is 0.123 e. The monoisotopic (exact) mass is 415 g/mol. The summed E-state index contributed by atoms with van der Waals surface area (Å²) in [7, 11) is 0. The first-order valence-corrected chi connectivity index (χ1v) is 9.98. The topological polar surface area (TPSA) is 73.6 Å². The minimum absolute atomic E-state index is 0.304. The third-order valence-electron chi connectivity index (χ3n) is 4.74. The molecule has 0 saturated carbocycles. The van der Waals surface area contributed by atoms with Crippen LogP contribution in [0, 0.1) is 27.7 Å². The molecule has 4 rings (SSSR count). The van der Waals surface area contributed by atoms with Crippen molar-refractivity contribution in [1.82, 2.24) is 4.98 Å². The molecule has 0 atom stereocenters. The molecule has 0 aliphatic heterocycles. The lowest BCUT2D eigenvalue weighted by molar-refractivity contribution is 0.470. The van der Waals surface area contributed by atoms with Crippen molar-refractivity contribution in [3.63, 3.8) is 0 Å². The third kappa shape index (κ3) is 7.52. The third-order valence-corrected chi connectivity index (χ3v) is 4.74. The van der Waals surface area contributed by atoms with E-state index in [1.54, 1.807) is 36.7 Å². The summed E-state index contributed by atoms with van der Waals surface area (Å²) in [6.45, 7) is 7.83. The standard InChI is InChI=1S/C12H11NO.C8H10O.C7H8O/c1-9-4-5-11(12(14)7-9)10-3-2-6-13-8-10;1-6-4-3-5-8(9)7(6)2;1-6-2-4-7(8)5-3-6/h2-8,14H,1H3;3-5,9H,1-2H3;2-5,8H,1H3. The molecule has 0 amide bonds. The maximum Gasteiger partial charge on any atom is 0.123 e. The molecule has 1 heterocycles. The fourth-order valence-electron chi connectivity index (χ4n) is 2.69. The van der Waals surface area contributed by atoms with E-state index in [4.69, 9.17) is 10.2 Å². The molecule has 0 aliphatic carbocycles. The molecule has 4 nitrogen and oxygen atoms in total. The number of aromatic nitrogens is 1. The number of nitrogens with zero attached hydrogens (tertiary/aromatic N) is 1. The summed E-state index contributed by atoms with van der Waals surface area (Å²) in [5, 5.41) is 27.6. The Morgan fingerprint density at radius 3 is 1.84 bits per heavy atom. The highest BCUT2D eigenvalue weighted by Crippen LogP contribution is 2.28. The van der Waals surface area contributed by atoms with Crippen LogP contribution < -0.4 is 0 Å². The van der Waals surface area contributed by atoms with Crippen LogP contribution in [0.4, 0.5) is 0 Å². The molecule has 0 spiro atoms. The van der Waals surface area contributed by atoms with Gasteiger partial charge in [-0.1, -0.05) is 48.0 Å². The molecule has 0 saturated heterocycles. The van der Waals surface area contributed by atoms with Crippen molar-refractivity contribution < 1.29 is 15.3 Å². The average molecular weight is 416 g/mol. The van der Waals surface area contributed by atoms with Crippen molar-refractivity contribution in [3.8, 4) is 28.4 Å². The van der Waals surface area contributed by atoms with E-state index < -0.39 is 0 Å². The first-order valence-electron chi connectivity index (χ1n) is 9.98. The summed E-state index contributed by atoms with van der Waals surface area (Å²) in [6, 6.07) is 22.0. The molecule has 3 aromatic carbocycles. The van der Waals surface area contributed by atoms with Crippen molar-refractivity contribution in [1.29, 1.82) is 0 Å². The Balaban J connectivity index is 0.000000175. The molecule has 0 bridgehead atoms. The van der Waals surface area contributed by atoms with Crippen molar-refractivity contribution in [2.45, 2.75) is 27.7 Å². The van der Waals surface area contributed by atoms with Gasteiger partial charge in [-0.3, -0.25) is 4.98 Å². The van der Waals surface area contributed by atoms with Gasteiger partial charge in [-0.15, -0.1) is 0 Å². The molecule has 0 radical (unpaired) electrons. The number of phenolic OH excluding ortho intramolecular Hbond substituents is 3. The molecule has 4 aromatic rings. The quantitative estimate of drug-likeness (QED) is 0.333. The van der Waals surface area contributed by atoms with E-state index in [1.165, 1.54) is 5.56 Å². The Morgan fingerprint density at radius 2 is 1.32 bits per heavy atom. The highest BCUT2D eigenvalue weighted by atomic mass is 16.3. The minimum atomic E-state index is 0.304. The van der Waals surface area contributed by atoms with Gasteiger partial charge in [-0.2, -0.15) is 0 Å². The lowest BCUT2D eigenvalue weighted by atomic mass is 10.1. The van der Waals surface area contributed by atoms with E-state index in [0.29, 0.717) is 17.2 Å². The Bertz CT molecular complexity index is 1050. The predicted octanol–water partition coefficient (Wildman–Crippen LogP) is 6.47. The first-order chi connectivity index (χ1) is 14.8. The summed E-state index contributed by atoms with van der Waals surface area (Å²) >= 11 is 0. The van der Waals surface area contributed by atoms with Crippen LogP contribution >= 0.6 is 0 Å². The van der Waals surface area contributed by atoms with Gasteiger partial charge < -0.3 is 15.3 Å². The zero-order valence-electron chi connectivity index (χ0n) is 18.4. The minimum Gasteiger partial charge on any atom is -0.508 e. The van der Waals surface area contributed by atoms with E-state index in [-0.39, 0.29) is 0 Å². The van der Waals surface area contributed by atoms with Crippen LogP contribution in [0.15, 0.2) is 85.2 Å². The largest absolute Gasteiger partial charge is 0.508 e. The second-order valence-corrected chi connectivity index (χ2v) is 7.32. The van der Waals surface area contributed by atoms with Crippen molar-refractivity contribution >= 4 is 0 Å². The fraction of sp³-hybridized carbons (Fsp3) is 0.148. The maximum absolute atomic E-state index is 9.72. The van der Waals surface area contributed by atoms with Gasteiger partial charge in [0.05, 0.1) is 0 Å². The van der Waals surface area contributed by atoms with Gasteiger partial charge in [0, 0.05) is 23.5 Å². The molecular formula is C27H29NO3. The number of pyridine rings is 1. The fourth-order valence-corrected chi connectivity index (χ4v) is 2.69. The van der Waals surface area contributed by atoms with E-state index >= 15 is 0 Å². The lowest BCUT2D eigenvalue weighted by Gasteiger charge is -2.04. The first kappa shape index (κ1) is 23.5. The van der Waals surface area contributed by atoms with Crippen molar-refractivity contribution in [2.24, 2.45) is 0 Å². The van der Waals surface area contributed by atoms with Crippen LogP contribution in [-0.2, 0) is 0 Å². The number of hydrogen-bond donors (Lipinski definition) is 3. The molecule has 0 unspecified atom stereocenters. The molecule has 3 N–H and O–H groups in total. The van der Waals surface area contributed by atoms with E-state index in [9.17, 15) is 5.11 Å². The molecule has 4 heteroatoms. The second kappa shape index (κ2) is 11.4. The summed E-state index contributed by atoms with van der Waals surface area (Å²) in [6.07, 6.45) is 3.46. The van der Waals surface area contributed by atoms with Crippen molar-refractivity contribution in [2.75, 3.05) is 0 Å². The normalized spacial score (nSPS) is 9.68. The zero-order valence-corrected chi connectivity index (χ0v) is 18.4. The lowest BCUT2D eigenvalue weighted by Crippen LogP contribution is -1.81. The van der Waals surface area contributed by atoms with Crippen molar-refractivity contribution in [3.05, 3.63) is 107 Å². The van der Waals surface area contributed by atoms with Gasteiger partial charge >= 0.3 is 0 Å². The summed E-state index contributed by atoms with van der Waals surface area (Å²) < 4.78 is 0. The van der Waals surface area contributed by atoms with Crippen LogP contribution in [0.25, 0.3) is 11.1 Å². The highest BCUT2D eigenvalue weighted by Gasteiger charge is 2.03. The highest BCUT2D eigenvalue weighted by molar-refractivity contribution is 5.69. The number of hydrogen-bond acceptors (Lipinski definition) is 4. The van der Waals surface area contributed by atoms with Crippen LogP contribution in [0.3, 0.4) is 0 Å². The zero-order chi connectivity index (χ0) is 22.8. The molecule has 0 fully saturated rings. The Hall–Kier alpha value is -3.79. The maximum atomic E-state index is 9.72. The SMILES string of the molecule is Cc1ccc(-c2cccnc2)c(O)c1.Cc1ccc(O)cc1.Cc1cccc(O)c1C. The van der Waals surface area contributed by atoms with Gasteiger partial charge in [0.2, 0.25) is 0 Å². The molecule has 160 valence electrons. The number of aryl methyl sites for hydroxylation is 3. The molecule has 31 heavy (non-hydrogen) atoms. The Morgan fingerprint density at radius 1 is 0.645 bits per heavy atom. The molecular weight excluding hydrogens is 386 g/mol. The van der Waals surface area contributed by atoms with E-state index in [2.05, 4.69) is 4.98 Å². The number of aromatic hydroxyl groups is 3. The van der Waals surface area contributed by atoms with Gasteiger partial charge in [0.15, 0.2) is 0 Å². The van der Waals surface area contributed by atoms with E-state index in [1.807, 2.05) is 76.2 Å². The van der Waals surface area contributed by atoms with Gasteiger partial charge in [-0.25, -0.2) is 0 Å². The van der Waals surface area contributed by atoms with Crippen LogP contribution in [0.5, 0.6) is 17.2 Å². The number of phenols is 3. The van der Waals surface area contributed by atoms with Gasteiger partial charge in [0.25, 0.3) is 0 Å². The van der Waals surface area contributed by atoms with Crippen LogP contribution in [-0.4, -0.2) is 20.3 Å². The number of rotatable bonds is 1. The summed E-state index contributed by atoms with van der Waals surface area (Å²) in [5.41, 5.74) is 6.08. The predicted molar refractivity (Wildman–Crippen MR) is 126 cm³/mol. The molecule has 0 aliphatic rings. The van der Waals surface area contributed by atoms with Gasteiger partial charge in [-0.05, 0) is 74.7 Å². The van der Waals surface area contributed by atoms with Crippen LogP contribution in [0.1, 0.15) is 22.3 Å². The second-order valence-electron chi connectivity index (χ2n) is 7.32. The van der Waals surface area contributed by atoms with Crippen LogP contribution in [0.2, 0.25) is 0 Å². The number of benzene rings is 3. The van der Waals surface area contributed by atoms with E-state index in [0.717, 1.165) is 27.8 Å². The van der Waals surface area contributed by atoms with Gasteiger partial charge in [0.1, 0.15) is 17.2 Å². The average Bonchev–Trinajstić information content (AvgIpc) is 2.76. The Labute approximate surface area is 184 Å². The molecule has 1 aromatic heterocycles.